The number of hydrogen-bond donors (Lipinski definition) is 0. The predicted octanol–water partition coefficient (Wildman–Crippen LogP) is 3.49. The van der Waals surface area contributed by atoms with Gasteiger partial charge in [0.1, 0.15) is 12.4 Å². The van der Waals surface area contributed by atoms with Crippen molar-refractivity contribution in [3.63, 3.8) is 0 Å². The van der Waals surface area contributed by atoms with E-state index in [1.54, 1.807) is 0 Å². The predicted molar refractivity (Wildman–Crippen MR) is 75.5 cm³/mol. The quantitative estimate of drug-likeness (QED) is 0.843. The smallest absolute Gasteiger partial charge is 0.121 e. The van der Waals surface area contributed by atoms with Gasteiger partial charge in [0.15, 0.2) is 0 Å². The molecule has 19 heavy (non-hydrogen) atoms. The van der Waals surface area contributed by atoms with Crippen LogP contribution >= 0.6 is 0 Å². The molecule has 0 aliphatic carbocycles. The van der Waals surface area contributed by atoms with E-state index in [2.05, 4.69) is 24.0 Å². The molecule has 2 heterocycles. The molecule has 0 unspecified atom stereocenters. The van der Waals surface area contributed by atoms with E-state index >= 15 is 0 Å². The first kappa shape index (κ1) is 12.4. The summed E-state index contributed by atoms with van der Waals surface area (Å²) in [7, 11) is 0. The second-order valence-corrected chi connectivity index (χ2v) is 5.26. The van der Waals surface area contributed by atoms with E-state index in [0.717, 1.165) is 35.2 Å². The highest BCUT2D eigenvalue weighted by molar-refractivity contribution is 5.80. The Balaban J connectivity index is 1.70. The van der Waals surface area contributed by atoms with Crippen LogP contribution in [0.1, 0.15) is 25.5 Å². The Bertz CT molecular complexity index is 582. The van der Waals surface area contributed by atoms with Crippen LogP contribution in [0.3, 0.4) is 0 Å². The number of rotatable bonds is 3. The summed E-state index contributed by atoms with van der Waals surface area (Å²) in [6, 6.07) is 10.2. The van der Waals surface area contributed by atoms with Crippen molar-refractivity contribution in [2.75, 3.05) is 6.61 Å². The largest absolute Gasteiger partial charge is 0.491 e. The normalized spacial score (nSPS) is 22.8. The van der Waals surface area contributed by atoms with Gasteiger partial charge in [-0.25, -0.2) is 0 Å². The monoisotopic (exact) mass is 257 g/mol. The molecule has 1 aromatic heterocycles. The van der Waals surface area contributed by atoms with Gasteiger partial charge in [0.05, 0.1) is 17.7 Å². The van der Waals surface area contributed by atoms with Crippen molar-refractivity contribution < 1.29 is 9.47 Å². The van der Waals surface area contributed by atoms with Gasteiger partial charge >= 0.3 is 0 Å². The van der Waals surface area contributed by atoms with Crippen molar-refractivity contribution in [3.8, 4) is 5.75 Å². The van der Waals surface area contributed by atoms with Crippen LogP contribution in [0.25, 0.3) is 10.9 Å². The third kappa shape index (κ3) is 2.87. The lowest BCUT2D eigenvalue weighted by Crippen LogP contribution is -2.17. The van der Waals surface area contributed by atoms with Crippen molar-refractivity contribution in [3.05, 3.63) is 36.0 Å². The summed E-state index contributed by atoms with van der Waals surface area (Å²) >= 11 is 0. The molecule has 1 fully saturated rings. The first-order valence-corrected chi connectivity index (χ1v) is 6.86. The standard InChI is InChI=1S/C16H19NO2/c1-11-3-5-13-6-8-14(9-16(13)17-11)18-10-15-7-4-12(2)19-15/h3,5-6,8-9,12,15H,4,7,10H2,1-2H3/t12-,15-/m0/s1. The second-order valence-electron chi connectivity index (χ2n) is 5.26. The van der Waals surface area contributed by atoms with Gasteiger partial charge in [0.2, 0.25) is 0 Å². The molecule has 3 rings (SSSR count). The van der Waals surface area contributed by atoms with Crippen molar-refractivity contribution in [1.29, 1.82) is 0 Å². The summed E-state index contributed by atoms with van der Waals surface area (Å²) < 4.78 is 11.6. The molecule has 2 atom stereocenters. The molecule has 0 bridgehead atoms. The van der Waals surface area contributed by atoms with Crippen molar-refractivity contribution in [1.82, 2.24) is 4.98 Å². The van der Waals surface area contributed by atoms with Crippen LogP contribution in [0.15, 0.2) is 30.3 Å². The summed E-state index contributed by atoms with van der Waals surface area (Å²) in [5.74, 6) is 0.869. The van der Waals surface area contributed by atoms with Gasteiger partial charge in [0, 0.05) is 17.1 Å². The van der Waals surface area contributed by atoms with E-state index in [1.165, 1.54) is 0 Å². The van der Waals surface area contributed by atoms with Gasteiger partial charge < -0.3 is 9.47 Å². The maximum Gasteiger partial charge on any atom is 0.121 e. The minimum absolute atomic E-state index is 0.233. The maximum atomic E-state index is 5.82. The van der Waals surface area contributed by atoms with Crippen LogP contribution < -0.4 is 4.74 Å². The molecular formula is C16H19NO2. The number of aromatic nitrogens is 1. The third-order valence-electron chi connectivity index (χ3n) is 3.56. The van der Waals surface area contributed by atoms with Gasteiger partial charge in [0.25, 0.3) is 0 Å². The Kier molecular flexibility index (Phi) is 3.38. The first-order chi connectivity index (χ1) is 9.20. The van der Waals surface area contributed by atoms with Gasteiger partial charge in [-0.3, -0.25) is 4.98 Å². The fourth-order valence-electron chi connectivity index (χ4n) is 2.49. The van der Waals surface area contributed by atoms with Crippen LogP contribution in [-0.4, -0.2) is 23.8 Å². The average molecular weight is 257 g/mol. The molecule has 0 N–H and O–H groups in total. The van der Waals surface area contributed by atoms with Crippen LogP contribution in [0.2, 0.25) is 0 Å². The summed E-state index contributed by atoms with van der Waals surface area (Å²) in [5.41, 5.74) is 2.01. The maximum absolute atomic E-state index is 5.82. The number of benzene rings is 1. The average Bonchev–Trinajstić information content (AvgIpc) is 2.81. The molecular weight excluding hydrogens is 238 g/mol. The lowest BCUT2D eigenvalue weighted by molar-refractivity contribution is 0.0265. The van der Waals surface area contributed by atoms with Crippen molar-refractivity contribution >= 4 is 10.9 Å². The minimum atomic E-state index is 0.233. The van der Waals surface area contributed by atoms with Gasteiger partial charge in [-0.05, 0) is 44.9 Å². The van der Waals surface area contributed by atoms with Gasteiger partial charge in [-0.15, -0.1) is 0 Å². The molecule has 0 saturated carbocycles. The van der Waals surface area contributed by atoms with E-state index in [9.17, 15) is 0 Å². The number of aryl methyl sites for hydroxylation is 1. The molecule has 100 valence electrons. The number of ether oxygens (including phenoxy) is 2. The lowest BCUT2D eigenvalue weighted by atomic mass is 10.2. The molecule has 1 saturated heterocycles. The highest BCUT2D eigenvalue weighted by Gasteiger charge is 2.22. The molecule has 3 heteroatoms. The molecule has 0 amide bonds. The molecule has 1 aliphatic heterocycles. The topological polar surface area (TPSA) is 31.4 Å². The fraction of sp³-hybridized carbons (Fsp3) is 0.438. The molecule has 0 radical (unpaired) electrons. The highest BCUT2D eigenvalue weighted by atomic mass is 16.5. The molecule has 1 aromatic carbocycles. The summed E-state index contributed by atoms with van der Waals surface area (Å²) in [5, 5.41) is 1.14. The summed E-state index contributed by atoms with van der Waals surface area (Å²) in [6.45, 7) is 4.74. The Morgan fingerprint density at radius 1 is 1.26 bits per heavy atom. The molecule has 0 spiro atoms. The highest BCUT2D eigenvalue weighted by Crippen LogP contribution is 2.23. The minimum Gasteiger partial charge on any atom is -0.491 e. The molecule has 1 aliphatic rings. The van der Waals surface area contributed by atoms with E-state index in [-0.39, 0.29) is 6.10 Å². The Morgan fingerprint density at radius 3 is 2.89 bits per heavy atom. The third-order valence-corrected chi connectivity index (χ3v) is 3.56. The number of fused-ring (bicyclic) bond motifs is 1. The SMILES string of the molecule is Cc1ccc2ccc(OC[C@@H]3CC[C@H](C)O3)cc2n1. The van der Waals surface area contributed by atoms with Crippen molar-refractivity contribution in [2.45, 2.75) is 38.9 Å². The Labute approximate surface area is 113 Å². The van der Waals surface area contributed by atoms with E-state index in [1.807, 2.05) is 25.1 Å². The van der Waals surface area contributed by atoms with E-state index in [4.69, 9.17) is 9.47 Å². The van der Waals surface area contributed by atoms with E-state index < -0.39 is 0 Å². The second kappa shape index (κ2) is 5.17. The van der Waals surface area contributed by atoms with E-state index in [0.29, 0.717) is 12.7 Å². The zero-order chi connectivity index (χ0) is 13.2. The van der Waals surface area contributed by atoms with Crippen LogP contribution in [0.4, 0.5) is 0 Å². The number of hydrogen-bond acceptors (Lipinski definition) is 3. The fourth-order valence-corrected chi connectivity index (χ4v) is 2.49. The van der Waals surface area contributed by atoms with Crippen LogP contribution in [0.5, 0.6) is 5.75 Å². The Hall–Kier alpha value is -1.61. The number of nitrogens with zero attached hydrogens (tertiary/aromatic N) is 1. The Morgan fingerprint density at radius 2 is 2.11 bits per heavy atom. The zero-order valence-corrected chi connectivity index (χ0v) is 11.4. The molecule has 3 nitrogen and oxygen atoms in total. The summed E-state index contributed by atoms with van der Waals surface area (Å²) in [4.78, 5) is 4.52. The number of pyridine rings is 1. The van der Waals surface area contributed by atoms with Crippen molar-refractivity contribution in [2.24, 2.45) is 0 Å². The zero-order valence-electron chi connectivity index (χ0n) is 11.4. The van der Waals surface area contributed by atoms with Gasteiger partial charge in [-0.1, -0.05) is 6.07 Å². The van der Waals surface area contributed by atoms with Crippen LogP contribution in [0, 0.1) is 6.92 Å². The lowest BCUT2D eigenvalue weighted by Gasteiger charge is -2.13. The summed E-state index contributed by atoms with van der Waals surface area (Å²) in [6.07, 6.45) is 2.82. The van der Waals surface area contributed by atoms with Gasteiger partial charge in [-0.2, -0.15) is 0 Å². The van der Waals surface area contributed by atoms with Crippen LogP contribution in [-0.2, 0) is 4.74 Å². The first-order valence-electron chi connectivity index (χ1n) is 6.86. The molecule has 2 aromatic rings.